The zero-order chi connectivity index (χ0) is 14.9. The zero-order valence-electron chi connectivity index (χ0n) is 11.0. The lowest BCUT2D eigenvalue weighted by atomic mass is 10.0. The molecule has 1 aromatic carbocycles. The summed E-state index contributed by atoms with van der Waals surface area (Å²) in [5.74, 6) is -0.565. The Morgan fingerprint density at radius 3 is 2.75 bits per heavy atom. The molecule has 3 N–H and O–H groups in total. The molecule has 2 aromatic rings. The summed E-state index contributed by atoms with van der Waals surface area (Å²) in [5, 5.41) is 13.5. The van der Waals surface area contributed by atoms with E-state index in [4.69, 9.17) is 10.2 Å². The third-order valence-electron chi connectivity index (χ3n) is 2.83. The van der Waals surface area contributed by atoms with Crippen molar-refractivity contribution in [3.8, 4) is 0 Å². The lowest BCUT2D eigenvalue weighted by molar-refractivity contribution is -0.384. The standard InChI is InChI=1S/C12H14N4O4/c1-6(2)10(11(13)17)15-12-14-8-5-7(16(18)19)3-4-9(8)20-12/h3-6,10H,1-2H3,(H2,13,17)(H,14,15). The molecule has 8 heteroatoms. The number of rotatable bonds is 5. The molecule has 2 rings (SSSR count). The number of amides is 1. The fourth-order valence-electron chi connectivity index (χ4n) is 1.79. The summed E-state index contributed by atoms with van der Waals surface area (Å²) in [4.78, 5) is 25.5. The Kier molecular flexibility index (Phi) is 3.55. The van der Waals surface area contributed by atoms with Gasteiger partial charge in [0.2, 0.25) is 5.91 Å². The second kappa shape index (κ2) is 5.16. The van der Waals surface area contributed by atoms with Gasteiger partial charge in [0.05, 0.1) is 4.92 Å². The molecule has 20 heavy (non-hydrogen) atoms. The lowest BCUT2D eigenvalue weighted by Gasteiger charge is -2.17. The molecule has 8 nitrogen and oxygen atoms in total. The number of primary amides is 1. The number of nitrogens with two attached hydrogens (primary N) is 1. The van der Waals surface area contributed by atoms with Gasteiger partial charge in [-0.1, -0.05) is 13.8 Å². The number of fused-ring (bicyclic) bond motifs is 1. The molecule has 0 spiro atoms. The van der Waals surface area contributed by atoms with E-state index in [0.29, 0.717) is 11.1 Å². The van der Waals surface area contributed by atoms with Crippen LogP contribution in [0.5, 0.6) is 0 Å². The van der Waals surface area contributed by atoms with Gasteiger partial charge in [-0.2, -0.15) is 4.98 Å². The maximum atomic E-state index is 11.3. The molecular weight excluding hydrogens is 264 g/mol. The summed E-state index contributed by atoms with van der Waals surface area (Å²) in [5.41, 5.74) is 5.94. The van der Waals surface area contributed by atoms with Crippen LogP contribution in [0.4, 0.5) is 11.7 Å². The fraction of sp³-hybridized carbons (Fsp3) is 0.333. The summed E-state index contributed by atoms with van der Waals surface area (Å²) in [7, 11) is 0. The van der Waals surface area contributed by atoms with Gasteiger partial charge < -0.3 is 15.5 Å². The molecule has 0 aliphatic heterocycles. The molecule has 1 heterocycles. The van der Waals surface area contributed by atoms with Crippen molar-refractivity contribution >= 4 is 28.7 Å². The predicted octanol–water partition coefficient (Wildman–Crippen LogP) is 1.66. The van der Waals surface area contributed by atoms with Gasteiger partial charge in [-0.15, -0.1) is 0 Å². The number of nitro groups is 1. The van der Waals surface area contributed by atoms with Crippen molar-refractivity contribution in [1.82, 2.24) is 4.98 Å². The highest BCUT2D eigenvalue weighted by Gasteiger charge is 2.21. The quantitative estimate of drug-likeness (QED) is 0.633. The van der Waals surface area contributed by atoms with E-state index in [1.165, 1.54) is 18.2 Å². The molecular formula is C12H14N4O4. The van der Waals surface area contributed by atoms with Crippen LogP contribution in [0.2, 0.25) is 0 Å². The second-order valence-corrected chi connectivity index (χ2v) is 4.70. The average Bonchev–Trinajstić information content (AvgIpc) is 2.76. The Labute approximate surface area is 114 Å². The number of non-ortho nitro benzene ring substituents is 1. The first-order chi connectivity index (χ1) is 9.38. The molecule has 0 bridgehead atoms. The molecule has 1 atom stereocenters. The van der Waals surface area contributed by atoms with Gasteiger partial charge >= 0.3 is 0 Å². The number of nitrogens with one attached hydrogen (secondary N) is 1. The number of oxazole rings is 1. The minimum atomic E-state index is -0.627. The van der Waals surface area contributed by atoms with E-state index in [0.717, 1.165) is 0 Å². The molecule has 0 saturated heterocycles. The largest absolute Gasteiger partial charge is 0.424 e. The fourth-order valence-corrected chi connectivity index (χ4v) is 1.79. The van der Waals surface area contributed by atoms with Gasteiger partial charge in [0.25, 0.3) is 11.7 Å². The number of hydrogen-bond donors (Lipinski definition) is 2. The Balaban J connectivity index is 2.32. The van der Waals surface area contributed by atoms with Crippen LogP contribution in [0.15, 0.2) is 22.6 Å². The first kappa shape index (κ1) is 13.8. The van der Waals surface area contributed by atoms with E-state index in [1.54, 1.807) is 0 Å². The van der Waals surface area contributed by atoms with Crippen molar-refractivity contribution in [1.29, 1.82) is 0 Å². The van der Waals surface area contributed by atoms with Crippen LogP contribution >= 0.6 is 0 Å². The molecule has 0 aliphatic rings. The maximum Gasteiger partial charge on any atom is 0.296 e. The normalized spacial score (nSPS) is 12.6. The lowest BCUT2D eigenvalue weighted by Crippen LogP contribution is -2.39. The average molecular weight is 278 g/mol. The smallest absolute Gasteiger partial charge is 0.296 e. The third-order valence-corrected chi connectivity index (χ3v) is 2.83. The number of hydrogen-bond acceptors (Lipinski definition) is 6. The molecule has 0 fully saturated rings. The SMILES string of the molecule is CC(C)C(Nc1nc2cc([N+](=O)[O-])ccc2o1)C(N)=O. The zero-order valence-corrected chi connectivity index (χ0v) is 11.0. The van der Waals surface area contributed by atoms with E-state index < -0.39 is 16.9 Å². The van der Waals surface area contributed by atoms with Crippen LogP contribution in [-0.2, 0) is 4.79 Å². The Bertz CT molecular complexity index is 665. The highest BCUT2D eigenvalue weighted by Crippen LogP contribution is 2.24. The van der Waals surface area contributed by atoms with Crippen molar-refractivity contribution in [2.75, 3.05) is 5.32 Å². The van der Waals surface area contributed by atoms with Crippen LogP contribution in [0.25, 0.3) is 11.1 Å². The summed E-state index contributed by atoms with van der Waals surface area (Å²) >= 11 is 0. The first-order valence-electron chi connectivity index (χ1n) is 5.99. The van der Waals surface area contributed by atoms with E-state index >= 15 is 0 Å². The number of aromatic nitrogens is 1. The van der Waals surface area contributed by atoms with Crippen LogP contribution in [0, 0.1) is 16.0 Å². The van der Waals surface area contributed by atoms with Gasteiger partial charge in [0, 0.05) is 12.1 Å². The minimum absolute atomic E-state index is 0.0446. The Hall–Kier alpha value is -2.64. The van der Waals surface area contributed by atoms with Crippen molar-refractivity contribution in [3.63, 3.8) is 0 Å². The number of carbonyl (C=O) groups is 1. The van der Waals surface area contributed by atoms with Gasteiger partial charge in [-0.05, 0) is 12.0 Å². The van der Waals surface area contributed by atoms with Crippen LogP contribution < -0.4 is 11.1 Å². The molecule has 0 radical (unpaired) electrons. The Morgan fingerprint density at radius 1 is 1.50 bits per heavy atom. The number of nitro benzene ring substituents is 1. The van der Waals surface area contributed by atoms with E-state index in [-0.39, 0.29) is 17.6 Å². The second-order valence-electron chi connectivity index (χ2n) is 4.70. The molecule has 0 aliphatic carbocycles. The van der Waals surface area contributed by atoms with Crippen LogP contribution in [0.3, 0.4) is 0 Å². The highest BCUT2D eigenvalue weighted by atomic mass is 16.6. The van der Waals surface area contributed by atoms with Crippen molar-refractivity contribution in [2.45, 2.75) is 19.9 Å². The third kappa shape index (κ3) is 2.68. The number of carbonyl (C=O) groups excluding carboxylic acids is 1. The molecule has 106 valence electrons. The number of nitrogens with zero attached hydrogens (tertiary/aromatic N) is 2. The number of benzene rings is 1. The van der Waals surface area contributed by atoms with E-state index in [1.807, 2.05) is 13.8 Å². The van der Waals surface area contributed by atoms with Crippen molar-refractivity contribution in [3.05, 3.63) is 28.3 Å². The molecule has 1 aromatic heterocycles. The monoisotopic (exact) mass is 278 g/mol. The highest BCUT2D eigenvalue weighted by molar-refractivity contribution is 5.83. The first-order valence-corrected chi connectivity index (χ1v) is 5.99. The van der Waals surface area contributed by atoms with Crippen LogP contribution in [0.1, 0.15) is 13.8 Å². The predicted molar refractivity (Wildman–Crippen MR) is 72.1 cm³/mol. The van der Waals surface area contributed by atoms with E-state index in [9.17, 15) is 14.9 Å². The van der Waals surface area contributed by atoms with Crippen molar-refractivity contribution in [2.24, 2.45) is 11.7 Å². The van der Waals surface area contributed by atoms with E-state index in [2.05, 4.69) is 10.3 Å². The van der Waals surface area contributed by atoms with Crippen LogP contribution in [-0.4, -0.2) is 21.9 Å². The Morgan fingerprint density at radius 2 is 2.20 bits per heavy atom. The summed E-state index contributed by atoms with van der Waals surface area (Å²) in [6.07, 6.45) is 0. The summed E-state index contributed by atoms with van der Waals surface area (Å²) in [6, 6.07) is 3.57. The topological polar surface area (TPSA) is 124 Å². The number of anilines is 1. The van der Waals surface area contributed by atoms with Crippen molar-refractivity contribution < 1.29 is 14.1 Å². The van der Waals surface area contributed by atoms with Gasteiger partial charge in [0.1, 0.15) is 11.6 Å². The van der Waals surface area contributed by atoms with Gasteiger partial charge in [0.15, 0.2) is 5.58 Å². The molecule has 1 amide bonds. The molecule has 0 saturated carbocycles. The minimum Gasteiger partial charge on any atom is -0.424 e. The van der Waals surface area contributed by atoms with Gasteiger partial charge in [-0.3, -0.25) is 14.9 Å². The summed E-state index contributed by atoms with van der Waals surface area (Å²) < 4.78 is 5.38. The maximum absolute atomic E-state index is 11.3. The summed E-state index contributed by atoms with van der Waals surface area (Å²) in [6.45, 7) is 3.66. The molecule has 1 unspecified atom stereocenters. The van der Waals surface area contributed by atoms with Gasteiger partial charge in [-0.25, -0.2) is 0 Å².